The fraction of sp³-hybridized carbons (Fsp3) is 0.955. The van der Waals surface area contributed by atoms with Crippen molar-refractivity contribution in [2.75, 3.05) is 6.61 Å². The first-order valence-corrected chi connectivity index (χ1v) is 22.3. The summed E-state index contributed by atoms with van der Waals surface area (Å²) in [6, 6.07) is -0.689. The number of aliphatic hydroxyl groups excluding tert-OH is 2. The van der Waals surface area contributed by atoms with Gasteiger partial charge >= 0.3 is 5.97 Å². The number of esters is 1. The van der Waals surface area contributed by atoms with Gasteiger partial charge in [-0.2, -0.15) is 0 Å². The molecule has 6 nitrogen and oxygen atoms in total. The first-order valence-electron chi connectivity index (χ1n) is 22.3. The molecular formula is C44H87NO5. The average molecular weight is 710 g/mol. The van der Waals surface area contributed by atoms with Crippen molar-refractivity contribution in [3.63, 3.8) is 0 Å². The van der Waals surface area contributed by atoms with Crippen LogP contribution in [0, 0.1) is 0 Å². The van der Waals surface area contributed by atoms with Gasteiger partial charge < -0.3 is 20.3 Å². The number of nitrogens with one attached hydrogen (secondary N) is 1. The minimum absolute atomic E-state index is 0.0848. The number of carbonyl (C=O) groups is 2. The third kappa shape index (κ3) is 34.0. The molecule has 1 amide bonds. The van der Waals surface area contributed by atoms with Gasteiger partial charge in [-0.05, 0) is 25.7 Å². The lowest BCUT2D eigenvalue weighted by Gasteiger charge is -2.24. The van der Waals surface area contributed by atoms with Gasteiger partial charge in [0.1, 0.15) is 6.10 Å². The van der Waals surface area contributed by atoms with E-state index in [1.54, 1.807) is 0 Å². The molecule has 3 atom stereocenters. The molecule has 0 aliphatic heterocycles. The van der Waals surface area contributed by atoms with Crippen molar-refractivity contribution in [2.24, 2.45) is 0 Å². The smallest absolute Gasteiger partial charge is 0.306 e. The summed E-state index contributed by atoms with van der Waals surface area (Å²) in [4.78, 5) is 25.8. The molecule has 0 fully saturated rings. The lowest BCUT2D eigenvalue weighted by atomic mass is 10.0. The molecule has 0 heterocycles. The van der Waals surface area contributed by atoms with Gasteiger partial charge in [-0.15, -0.1) is 0 Å². The second-order valence-electron chi connectivity index (χ2n) is 15.5. The highest BCUT2D eigenvalue weighted by Crippen LogP contribution is 2.18. The number of hydrogen-bond acceptors (Lipinski definition) is 5. The van der Waals surface area contributed by atoms with Crippen LogP contribution in [0.1, 0.15) is 245 Å². The normalized spacial score (nSPS) is 13.3. The Hall–Kier alpha value is -1.14. The molecule has 0 saturated carbocycles. The zero-order chi connectivity index (χ0) is 36.8. The molecule has 0 aromatic carbocycles. The highest BCUT2D eigenvalue weighted by Gasteiger charge is 2.24. The summed E-state index contributed by atoms with van der Waals surface area (Å²) >= 11 is 0. The van der Waals surface area contributed by atoms with E-state index in [2.05, 4.69) is 26.1 Å². The fourth-order valence-corrected chi connectivity index (χ4v) is 7.02. The van der Waals surface area contributed by atoms with Crippen LogP contribution in [0.4, 0.5) is 0 Å². The predicted molar refractivity (Wildman–Crippen MR) is 214 cm³/mol. The van der Waals surface area contributed by atoms with Crippen LogP contribution >= 0.6 is 0 Å². The minimum Gasteiger partial charge on any atom is -0.462 e. The van der Waals surface area contributed by atoms with E-state index in [1.165, 1.54) is 154 Å². The summed E-state index contributed by atoms with van der Waals surface area (Å²) in [7, 11) is 0. The van der Waals surface area contributed by atoms with Gasteiger partial charge in [-0.25, -0.2) is 0 Å². The van der Waals surface area contributed by atoms with Gasteiger partial charge in [0.05, 0.1) is 25.2 Å². The fourth-order valence-electron chi connectivity index (χ4n) is 7.02. The Labute approximate surface area is 311 Å². The number of hydrogen-bond donors (Lipinski definition) is 3. The predicted octanol–water partition coefficient (Wildman–Crippen LogP) is 12.4. The molecule has 6 heteroatoms. The summed E-state index contributed by atoms with van der Waals surface area (Å²) in [5.41, 5.74) is 0. The quantitative estimate of drug-likeness (QED) is 0.0435. The van der Waals surface area contributed by atoms with Crippen LogP contribution in [-0.4, -0.2) is 46.9 Å². The van der Waals surface area contributed by atoms with Crippen LogP contribution < -0.4 is 5.32 Å². The van der Waals surface area contributed by atoms with Gasteiger partial charge in [0.15, 0.2) is 0 Å². The maximum Gasteiger partial charge on any atom is 0.306 e. The van der Waals surface area contributed by atoms with Crippen LogP contribution in [0.25, 0.3) is 0 Å². The number of unbranched alkanes of at least 4 members (excludes halogenated alkanes) is 28. The molecular weight excluding hydrogens is 622 g/mol. The van der Waals surface area contributed by atoms with E-state index in [0.717, 1.165) is 44.9 Å². The number of amides is 1. The molecule has 3 N–H and O–H groups in total. The van der Waals surface area contributed by atoms with E-state index in [-0.39, 0.29) is 24.9 Å². The van der Waals surface area contributed by atoms with Crippen LogP contribution in [0.5, 0.6) is 0 Å². The van der Waals surface area contributed by atoms with Crippen molar-refractivity contribution in [2.45, 2.75) is 264 Å². The number of carbonyl (C=O) groups excluding carboxylic acids is 2. The molecule has 3 unspecified atom stereocenters. The SMILES string of the molecule is CCCCCCCCCCCCCCCCCC(O)C(CO)NC(=O)CC(CCCCCCCCC)OC(=O)CCCCCCCCCCC. The number of rotatable bonds is 40. The minimum atomic E-state index is -0.776. The van der Waals surface area contributed by atoms with Crippen LogP contribution in [-0.2, 0) is 14.3 Å². The second-order valence-corrected chi connectivity index (χ2v) is 15.5. The van der Waals surface area contributed by atoms with Gasteiger partial charge in [-0.1, -0.05) is 207 Å². The molecule has 50 heavy (non-hydrogen) atoms. The topological polar surface area (TPSA) is 95.9 Å². The average Bonchev–Trinajstić information content (AvgIpc) is 3.10. The Morgan fingerprint density at radius 1 is 0.500 bits per heavy atom. The molecule has 0 aromatic heterocycles. The monoisotopic (exact) mass is 710 g/mol. The molecule has 0 rings (SSSR count). The third-order valence-corrected chi connectivity index (χ3v) is 10.4. The highest BCUT2D eigenvalue weighted by atomic mass is 16.5. The van der Waals surface area contributed by atoms with E-state index in [9.17, 15) is 19.8 Å². The molecule has 0 spiro atoms. The first-order chi connectivity index (χ1) is 24.5. The summed E-state index contributed by atoms with van der Waals surface area (Å²) in [6.07, 6.45) is 38.9. The summed E-state index contributed by atoms with van der Waals surface area (Å²) < 4.78 is 5.85. The van der Waals surface area contributed by atoms with Crippen molar-refractivity contribution in [3.05, 3.63) is 0 Å². The Balaban J connectivity index is 4.36. The van der Waals surface area contributed by atoms with E-state index < -0.39 is 18.2 Å². The Bertz CT molecular complexity index is 717. The van der Waals surface area contributed by atoms with E-state index in [4.69, 9.17) is 4.74 Å². The number of ether oxygens (including phenoxy) is 1. The molecule has 0 aliphatic carbocycles. The molecule has 0 saturated heterocycles. The maximum absolute atomic E-state index is 13.0. The Kier molecular flexibility index (Phi) is 38.2. The summed E-state index contributed by atoms with van der Waals surface area (Å²) in [6.45, 7) is 6.43. The van der Waals surface area contributed by atoms with E-state index in [0.29, 0.717) is 19.3 Å². The summed E-state index contributed by atoms with van der Waals surface area (Å²) in [5.74, 6) is -0.469. The highest BCUT2D eigenvalue weighted by molar-refractivity contribution is 5.77. The molecule has 298 valence electrons. The number of aliphatic hydroxyl groups is 2. The van der Waals surface area contributed by atoms with Gasteiger partial charge in [-0.3, -0.25) is 9.59 Å². The molecule has 0 aliphatic rings. The summed E-state index contributed by atoms with van der Waals surface area (Å²) in [5, 5.41) is 23.6. The van der Waals surface area contributed by atoms with Crippen molar-refractivity contribution >= 4 is 11.9 Å². The third-order valence-electron chi connectivity index (χ3n) is 10.4. The van der Waals surface area contributed by atoms with Gasteiger partial charge in [0.25, 0.3) is 0 Å². The van der Waals surface area contributed by atoms with Crippen molar-refractivity contribution in [3.8, 4) is 0 Å². The first kappa shape index (κ1) is 48.9. The lowest BCUT2D eigenvalue weighted by molar-refractivity contribution is -0.151. The molecule has 0 radical (unpaired) electrons. The van der Waals surface area contributed by atoms with Crippen molar-refractivity contribution in [1.82, 2.24) is 5.32 Å². The molecule has 0 bridgehead atoms. The molecule has 0 aromatic rings. The Morgan fingerprint density at radius 2 is 0.840 bits per heavy atom. The largest absolute Gasteiger partial charge is 0.462 e. The second kappa shape index (κ2) is 39.1. The van der Waals surface area contributed by atoms with Crippen LogP contribution in [0.15, 0.2) is 0 Å². The van der Waals surface area contributed by atoms with E-state index >= 15 is 0 Å². The van der Waals surface area contributed by atoms with Gasteiger partial charge in [0, 0.05) is 6.42 Å². The maximum atomic E-state index is 13.0. The van der Waals surface area contributed by atoms with Crippen molar-refractivity contribution < 1.29 is 24.5 Å². The lowest BCUT2D eigenvalue weighted by Crippen LogP contribution is -2.46. The van der Waals surface area contributed by atoms with Gasteiger partial charge in [0.2, 0.25) is 5.91 Å². The zero-order valence-electron chi connectivity index (χ0n) is 33.8. The van der Waals surface area contributed by atoms with E-state index in [1.807, 2.05) is 0 Å². The van der Waals surface area contributed by atoms with Crippen LogP contribution in [0.3, 0.4) is 0 Å². The zero-order valence-corrected chi connectivity index (χ0v) is 33.8. The van der Waals surface area contributed by atoms with Crippen molar-refractivity contribution in [1.29, 1.82) is 0 Å². The van der Waals surface area contributed by atoms with Crippen LogP contribution in [0.2, 0.25) is 0 Å². The standard InChI is InChI=1S/C44H87NO5/c1-4-7-10-13-16-18-19-20-21-22-23-25-27-30-33-36-42(47)41(39-46)45-43(48)38-40(35-32-29-26-15-12-9-6-3)50-44(49)37-34-31-28-24-17-14-11-8-5-2/h40-42,46-47H,4-39H2,1-3H3,(H,45,48). The Morgan fingerprint density at radius 3 is 1.22 bits per heavy atom.